The number of rotatable bonds is 8. The van der Waals surface area contributed by atoms with Gasteiger partial charge in [0.2, 0.25) is 0 Å². The van der Waals surface area contributed by atoms with Gasteiger partial charge in [0.05, 0.1) is 12.7 Å². The minimum atomic E-state index is -0.496. The van der Waals surface area contributed by atoms with Gasteiger partial charge in [-0.05, 0) is 18.1 Å². The fourth-order valence-corrected chi connectivity index (χ4v) is 2.71. The van der Waals surface area contributed by atoms with Gasteiger partial charge >= 0.3 is 0 Å². The second-order valence-electron chi connectivity index (χ2n) is 5.63. The van der Waals surface area contributed by atoms with Crippen LogP contribution in [-0.2, 0) is 4.74 Å². The average molecular weight is 299 g/mol. The van der Waals surface area contributed by atoms with Gasteiger partial charge in [-0.3, -0.25) is 0 Å². The number of benzene rings is 2. The van der Waals surface area contributed by atoms with Crippen molar-refractivity contribution < 1.29 is 9.84 Å². The molecule has 0 bridgehead atoms. The van der Waals surface area contributed by atoms with Gasteiger partial charge in [0, 0.05) is 25.6 Å². The first-order valence-corrected chi connectivity index (χ1v) is 7.72. The van der Waals surface area contributed by atoms with E-state index in [9.17, 15) is 5.11 Å². The molecular weight excluding hydrogens is 274 g/mol. The Balaban J connectivity index is 2.14. The van der Waals surface area contributed by atoms with Crippen LogP contribution >= 0.6 is 0 Å². The monoisotopic (exact) mass is 299 g/mol. The van der Waals surface area contributed by atoms with Crippen molar-refractivity contribution in [1.82, 2.24) is 5.32 Å². The van der Waals surface area contributed by atoms with Gasteiger partial charge in [-0.1, -0.05) is 60.7 Å². The van der Waals surface area contributed by atoms with Crippen molar-refractivity contribution >= 4 is 0 Å². The first kappa shape index (κ1) is 16.7. The number of ether oxygens (including phenoxy) is 1. The highest BCUT2D eigenvalue weighted by atomic mass is 16.5. The van der Waals surface area contributed by atoms with E-state index in [0.717, 1.165) is 11.1 Å². The third-order valence-electron chi connectivity index (χ3n) is 3.79. The number of nitrogens with one attached hydrogen (secondary N) is 1. The molecule has 0 saturated heterocycles. The van der Waals surface area contributed by atoms with Gasteiger partial charge in [0.25, 0.3) is 0 Å². The molecular formula is C19H25NO2. The molecule has 2 unspecified atom stereocenters. The van der Waals surface area contributed by atoms with Crippen LogP contribution in [0.3, 0.4) is 0 Å². The minimum Gasteiger partial charge on any atom is -0.391 e. The maximum Gasteiger partial charge on any atom is 0.0773 e. The van der Waals surface area contributed by atoms with Gasteiger partial charge in [-0.25, -0.2) is 0 Å². The zero-order valence-corrected chi connectivity index (χ0v) is 13.3. The van der Waals surface area contributed by atoms with Gasteiger partial charge in [-0.2, -0.15) is 0 Å². The Morgan fingerprint density at radius 2 is 1.45 bits per heavy atom. The SMILES string of the molecule is COCC(C)NCC(O)C(c1ccccc1)c1ccccc1. The Hall–Kier alpha value is -1.68. The molecule has 0 radical (unpaired) electrons. The van der Waals surface area contributed by atoms with Gasteiger partial charge in [-0.15, -0.1) is 0 Å². The summed E-state index contributed by atoms with van der Waals surface area (Å²) in [7, 11) is 1.69. The highest BCUT2D eigenvalue weighted by Crippen LogP contribution is 2.27. The molecule has 3 nitrogen and oxygen atoms in total. The zero-order valence-electron chi connectivity index (χ0n) is 13.3. The standard InChI is InChI=1S/C19H25NO2/c1-15(14-22-2)20-13-18(21)19(16-9-5-3-6-10-16)17-11-7-4-8-12-17/h3-12,15,18-21H,13-14H2,1-2H3. The first-order valence-electron chi connectivity index (χ1n) is 7.72. The van der Waals surface area contributed by atoms with E-state index in [4.69, 9.17) is 4.74 Å². The highest BCUT2D eigenvalue weighted by Gasteiger charge is 2.23. The van der Waals surface area contributed by atoms with Gasteiger partial charge < -0.3 is 15.2 Å². The molecule has 2 N–H and O–H groups in total. The lowest BCUT2D eigenvalue weighted by molar-refractivity contribution is 0.132. The third-order valence-corrected chi connectivity index (χ3v) is 3.79. The number of hydrogen-bond acceptors (Lipinski definition) is 3. The van der Waals surface area contributed by atoms with Gasteiger partial charge in [0.15, 0.2) is 0 Å². The summed E-state index contributed by atoms with van der Waals surface area (Å²) in [6.45, 7) is 3.21. The van der Waals surface area contributed by atoms with E-state index in [0.29, 0.717) is 13.2 Å². The van der Waals surface area contributed by atoms with Crippen LogP contribution in [-0.4, -0.2) is 37.5 Å². The molecule has 3 heteroatoms. The van der Waals surface area contributed by atoms with Crippen molar-refractivity contribution in [2.75, 3.05) is 20.3 Å². The van der Waals surface area contributed by atoms with Crippen LogP contribution in [0.25, 0.3) is 0 Å². The van der Waals surface area contributed by atoms with E-state index in [1.54, 1.807) is 7.11 Å². The molecule has 2 aromatic carbocycles. The van der Waals surface area contributed by atoms with E-state index in [1.165, 1.54) is 0 Å². The molecule has 0 fully saturated rings. The molecule has 0 aliphatic heterocycles. The predicted molar refractivity (Wildman–Crippen MR) is 90.1 cm³/mol. The molecule has 0 spiro atoms. The van der Waals surface area contributed by atoms with E-state index in [1.807, 2.05) is 36.4 Å². The van der Waals surface area contributed by atoms with Crippen LogP contribution in [0.15, 0.2) is 60.7 Å². The second-order valence-corrected chi connectivity index (χ2v) is 5.63. The molecule has 2 rings (SSSR count). The maximum absolute atomic E-state index is 10.7. The number of methoxy groups -OCH3 is 1. The summed E-state index contributed by atoms with van der Waals surface area (Å²) in [6, 6.07) is 20.5. The normalized spacial score (nSPS) is 14.0. The summed E-state index contributed by atoms with van der Waals surface area (Å²) in [6.07, 6.45) is -0.496. The van der Waals surface area contributed by atoms with E-state index < -0.39 is 6.10 Å². The number of hydrogen-bond donors (Lipinski definition) is 2. The quantitative estimate of drug-likeness (QED) is 0.787. The lowest BCUT2D eigenvalue weighted by Crippen LogP contribution is -2.39. The molecule has 118 valence electrons. The van der Waals surface area contributed by atoms with Crippen molar-refractivity contribution in [1.29, 1.82) is 0 Å². The van der Waals surface area contributed by atoms with Crippen LogP contribution in [0.1, 0.15) is 24.0 Å². The second kappa shape index (κ2) is 8.69. The fraction of sp³-hybridized carbons (Fsp3) is 0.368. The molecule has 2 atom stereocenters. The molecule has 0 amide bonds. The van der Waals surface area contributed by atoms with E-state index in [-0.39, 0.29) is 12.0 Å². The van der Waals surface area contributed by atoms with Crippen molar-refractivity contribution in [3.63, 3.8) is 0 Å². The van der Waals surface area contributed by atoms with Crippen molar-refractivity contribution in [2.24, 2.45) is 0 Å². The number of aliphatic hydroxyl groups excluding tert-OH is 1. The Kier molecular flexibility index (Phi) is 6.59. The van der Waals surface area contributed by atoms with Crippen LogP contribution in [0.2, 0.25) is 0 Å². The summed E-state index contributed by atoms with van der Waals surface area (Å²) >= 11 is 0. The third kappa shape index (κ3) is 4.67. The Morgan fingerprint density at radius 1 is 0.955 bits per heavy atom. The summed E-state index contributed by atoms with van der Waals surface area (Å²) in [5.41, 5.74) is 2.25. The molecule has 0 aromatic heterocycles. The van der Waals surface area contributed by atoms with Crippen LogP contribution in [0, 0.1) is 0 Å². The largest absolute Gasteiger partial charge is 0.391 e. The van der Waals surface area contributed by atoms with E-state index >= 15 is 0 Å². The Morgan fingerprint density at radius 3 is 1.91 bits per heavy atom. The smallest absolute Gasteiger partial charge is 0.0773 e. The van der Waals surface area contributed by atoms with Crippen molar-refractivity contribution in [3.8, 4) is 0 Å². The Labute approximate surface area is 133 Å². The van der Waals surface area contributed by atoms with E-state index in [2.05, 4.69) is 36.5 Å². The summed E-state index contributed by atoms with van der Waals surface area (Å²) in [4.78, 5) is 0. The van der Waals surface area contributed by atoms with Crippen molar-refractivity contribution in [2.45, 2.75) is 25.0 Å². The molecule has 22 heavy (non-hydrogen) atoms. The molecule has 0 aliphatic carbocycles. The average Bonchev–Trinajstić information content (AvgIpc) is 2.55. The number of aliphatic hydroxyl groups is 1. The van der Waals surface area contributed by atoms with Crippen LogP contribution < -0.4 is 5.32 Å². The first-order chi connectivity index (χ1) is 10.7. The van der Waals surface area contributed by atoms with Crippen LogP contribution in [0.4, 0.5) is 0 Å². The molecule has 0 heterocycles. The lowest BCUT2D eigenvalue weighted by atomic mass is 9.86. The fourth-order valence-electron chi connectivity index (χ4n) is 2.71. The topological polar surface area (TPSA) is 41.5 Å². The van der Waals surface area contributed by atoms with Gasteiger partial charge in [0.1, 0.15) is 0 Å². The summed E-state index contributed by atoms with van der Waals surface area (Å²) < 4.78 is 5.12. The maximum atomic E-state index is 10.7. The lowest BCUT2D eigenvalue weighted by Gasteiger charge is -2.25. The zero-order chi connectivity index (χ0) is 15.8. The minimum absolute atomic E-state index is 0.0374. The predicted octanol–water partition coefficient (Wildman–Crippen LogP) is 2.80. The molecule has 0 aliphatic rings. The Bertz CT molecular complexity index is 490. The molecule has 0 saturated carbocycles. The van der Waals surface area contributed by atoms with Crippen molar-refractivity contribution in [3.05, 3.63) is 71.8 Å². The summed E-state index contributed by atoms with van der Waals surface area (Å²) in [5.74, 6) is -0.0374. The van der Waals surface area contributed by atoms with Crippen LogP contribution in [0.5, 0.6) is 0 Å². The highest BCUT2D eigenvalue weighted by molar-refractivity contribution is 5.33. The summed E-state index contributed by atoms with van der Waals surface area (Å²) in [5, 5.41) is 14.1. The molecule has 2 aromatic rings.